The molecule has 0 amide bonds. The van der Waals surface area contributed by atoms with Gasteiger partial charge in [0.1, 0.15) is 16.3 Å². The second-order valence-corrected chi connectivity index (χ2v) is 5.86. The molecular weight excluding hydrogens is 278 g/mol. The molecule has 0 atom stereocenters. The van der Waals surface area contributed by atoms with E-state index >= 15 is 0 Å². The molecule has 0 saturated heterocycles. The molecule has 7 heteroatoms. The van der Waals surface area contributed by atoms with E-state index in [1.165, 1.54) is 0 Å². The van der Waals surface area contributed by atoms with E-state index < -0.39 is 43.7 Å². The molecule has 0 spiro atoms. The summed E-state index contributed by atoms with van der Waals surface area (Å²) >= 11 is 0. The zero-order valence-corrected chi connectivity index (χ0v) is 10.9. The molecule has 4 nitrogen and oxygen atoms in total. The fraction of sp³-hybridized carbons (Fsp3) is 0.250. The Bertz CT molecular complexity index is 635. The Hall–Kier alpha value is -1.76. The third-order valence-electron chi connectivity index (χ3n) is 2.50. The summed E-state index contributed by atoms with van der Waals surface area (Å²) in [7, 11) is -4.08. The molecule has 1 aromatic rings. The van der Waals surface area contributed by atoms with Crippen LogP contribution in [0, 0.1) is 11.6 Å². The average Bonchev–Trinajstić information content (AvgIpc) is 2.27. The van der Waals surface area contributed by atoms with Gasteiger partial charge in [0.2, 0.25) is 0 Å². The van der Waals surface area contributed by atoms with Crippen molar-refractivity contribution in [3.05, 3.63) is 41.5 Å². The van der Waals surface area contributed by atoms with Crippen LogP contribution < -0.4 is 0 Å². The van der Waals surface area contributed by atoms with Gasteiger partial charge in [-0.1, -0.05) is 19.1 Å². The minimum absolute atomic E-state index is 0.348. The monoisotopic (exact) mass is 290 g/mol. The molecule has 19 heavy (non-hydrogen) atoms. The maximum Gasteiger partial charge on any atom is 0.341 e. The highest BCUT2D eigenvalue weighted by Gasteiger charge is 2.27. The fourth-order valence-electron chi connectivity index (χ4n) is 1.42. The van der Waals surface area contributed by atoms with Gasteiger partial charge >= 0.3 is 5.97 Å². The number of rotatable bonds is 5. The van der Waals surface area contributed by atoms with Gasteiger partial charge in [0.05, 0.1) is 5.75 Å². The third-order valence-corrected chi connectivity index (χ3v) is 4.27. The number of sulfone groups is 1. The molecule has 1 N–H and O–H groups in total. The van der Waals surface area contributed by atoms with Gasteiger partial charge < -0.3 is 5.11 Å². The van der Waals surface area contributed by atoms with Crippen molar-refractivity contribution in [1.82, 2.24) is 0 Å². The van der Waals surface area contributed by atoms with Crippen LogP contribution in [0.25, 0.3) is 0 Å². The average molecular weight is 290 g/mol. The highest BCUT2D eigenvalue weighted by molar-refractivity contribution is 7.91. The molecule has 0 bridgehead atoms. The third kappa shape index (κ3) is 3.17. The van der Waals surface area contributed by atoms with Crippen LogP contribution in [-0.4, -0.2) is 25.2 Å². The normalized spacial score (nSPS) is 11.3. The summed E-state index contributed by atoms with van der Waals surface area (Å²) < 4.78 is 50.8. The quantitative estimate of drug-likeness (QED) is 0.667. The summed E-state index contributed by atoms with van der Waals surface area (Å²) in [5.74, 6) is -5.28. The number of aromatic carboxylic acids is 1. The molecule has 1 aromatic carbocycles. The lowest BCUT2D eigenvalue weighted by atomic mass is 10.2. The molecule has 1 rings (SSSR count). The first-order valence-corrected chi connectivity index (χ1v) is 6.96. The van der Waals surface area contributed by atoms with Gasteiger partial charge in [-0.25, -0.2) is 22.0 Å². The van der Waals surface area contributed by atoms with Crippen LogP contribution in [0.5, 0.6) is 0 Å². The van der Waals surface area contributed by atoms with Gasteiger partial charge in [-0.15, -0.1) is 0 Å². The predicted molar refractivity (Wildman–Crippen MR) is 64.8 cm³/mol. The molecule has 0 aliphatic rings. The van der Waals surface area contributed by atoms with E-state index in [1.54, 1.807) is 6.92 Å². The van der Waals surface area contributed by atoms with Crippen molar-refractivity contribution >= 4 is 15.8 Å². The minimum atomic E-state index is -4.08. The molecule has 0 aliphatic heterocycles. The summed E-state index contributed by atoms with van der Waals surface area (Å²) in [6, 6.07) is 1.34. The van der Waals surface area contributed by atoms with E-state index in [0.717, 1.165) is 6.07 Å². The number of carboxylic acids is 1. The molecule has 0 fully saturated rings. The number of carboxylic acid groups (broad SMARTS) is 1. The van der Waals surface area contributed by atoms with Crippen LogP contribution in [0.4, 0.5) is 8.78 Å². The van der Waals surface area contributed by atoms with Crippen molar-refractivity contribution in [2.75, 3.05) is 5.75 Å². The Kier molecular flexibility index (Phi) is 4.41. The molecule has 0 unspecified atom stereocenters. The van der Waals surface area contributed by atoms with E-state index in [1.807, 2.05) is 0 Å². The molecular formula is C12H12F2O4S. The zero-order valence-electron chi connectivity index (χ0n) is 10.1. The van der Waals surface area contributed by atoms with Crippen molar-refractivity contribution in [2.24, 2.45) is 0 Å². The highest BCUT2D eigenvalue weighted by Crippen LogP contribution is 2.23. The van der Waals surface area contributed by atoms with Crippen molar-refractivity contribution in [1.29, 1.82) is 0 Å². The Morgan fingerprint density at radius 1 is 1.37 bits per heavy atom. The topological polar surface area (TPSA) is 71.4 Å². The van der Waals surface area contributed by atoms with Crippen LogP contribution in [0.2, 0.25) is 0 Å². The van der Waals surface area contributed by atoms with E-state index in [4.69, 9.17) is 5.11 Å². The van der Waals surface area contributed by atoms with E-state index in [-0.39, 0.29) is 0 Å². The standard InChI is InChI=1S/C12H12F2O4S/c1-3-7(2)6-19(17,18)9-5-4-8(13)10(11(9)14)12(15)16/h4-5H,2-3,6H2,1H3,(H,15,16). The largest absolute Gasteiger partial charge is 0.477 e. The van der Waals surface area contributed by atoms with E-state index in [0.29, 0.717) is 18.1 Å². The Morgan fingerprint density at radius 3 is 2.42 bits per heavy atom. The number of halogens is 2. The van der Waals surface area contributed by atoms with Gasteiger partial charge in [0.15, 0.2) is 15.7 Å². The summed E-state index contributed by atoms with van der Waals surface area (Å²) in [4.78, 5) is 9.88. The summed E-state index contributed by atoms with van der Waals surface area (Å²) in [6.45, 7) is 5.18. The first-order chi connectivity index (χ1) is 8.70. The molecule has 0 aliphatic carbocycles. The highest BCUT2D eigenvalue weighted by atomic mass is 32.2. The molecule has 0 aromatic heterocycles. The maximum atomic E-state index is 13.8. The first-order valence-electron chi connectivity index (χ1n) is 5.31. The second-order valence-electron chi connectivity index (χ2n) is 3.90. The lowest BCUT2D eigenvalue weighted by Crippen LogP contribution is -2.14. The number of carbonyl (C=O) groups is 1. The van der Waals surface area contributed by atoms with Gasteiger partial charge in [0, 0.05) is 0 Å². The Balaban J connectivity index is 3.41. The van der Waals surface area contributed by atoms with Crippen molar-refractivity contribution in [3.8, 4) is 0 Å². The lowest BCUT2D eigenvalue weighted by Gasteiger charge is -2.09. The number of benzene rings is 1. The second kappa shape index (κ2) is 5.48. The maximum absolute atomic E-state index is 13.8. The van der Waals surface area contributed by atoms with Gasteiger partial charge in [0.25, 0.3) is 0 Å². The minimum Gasteiger partial charge on any atom is -0.477 e. The van der Waals surface area contributed by atoms with Gasteiger partial charge in [-0.3, -0.25) is 0 Å². The van der Waals surface area contributed by atoms with Crippen molar-refractivity contribution < 1.29 is 27.1 Å². The predicted octanol–water partition coefficient (Wildman–Crippen LogP) is 2.40. The fourth-order valence-corrected chi connectivity index (χ4v) is 2.97. The summed E-state index contributed by atoms with van der Waals surface area (Å²) in [5.41, 5.74) is -0.927. The van der Waals surface area contributed by atoms with Crippen molar-refractivity contribution in [2.45, 2.75) is 18.2 Å². The molecule has 0 radical (unpaired) electrons. The first kappa shape index (κ1) is 15.3. The Labute approximate surface area is 109 Å². The van der Waals surface area contributed by atoms with E-state index in [2.05, 4.69) is 6.58 Å². The van der Waals surface area contributed by atoms with Crippen LogP contribution in [0.3, 0.4) is 0 Å². The van der Waals surface area contributed by atoms with Crippen LogP contribution in [0.1, 0.15) is 23.7 Å². The smallest absolute Gasteiger partial charge is 0.341 e. The summed E-state index contributed by atoms with van der Waals surface area (Å²) in [5, 5.41) is 8.67. The Morgan fingerprint density at radius 2 is 1.95 bits per heavy atom. The molecule has 0 saturated carbocycles. The zero-order chi connectivity index (χ0) is 14.8. The van der Waals surface area contributed by atoms with Crippen LogP contribution in [-0.2, 0) is 9.84 Å². The number of hydrogen-bond acceptors (Lipinski definition) is 3. The SMILES string of the molecule is C=C(CC)CS(=O)(=O)c1ccc(F)c(C(=O)O)c1F. The van der Waals surface area contributed by atoms with Crippen LogP contribution in [0.15, 0.2) is 29.2 Å². The van der Waals surface area contributed by atoms with Crippen molar-refractivity contribution in [3.63, 3.8) is 0 Å². The lowest BCUT2D eigenvalue weighted by molar-refractivity contribution is 0.0685. The van der Waals surface area contributed by atoms with E-state index in [9.17, 15) is 22.0 Å². The van der Waals surface area contributed by atoms with Gasteiger partial charge in [-0.2, -0.15) is 0 Å². The number of hydrogen-bond donors (Lipinski definition) is 1. The van der Waals surface area contributed by atoms with Gasteiger partial charge in [-0.05, 0) is 18.6 Å². The molecule has 104 valence electrons. The molecule has 0 heterocycles. The summed E-state index contributed by atoms with van der Waals surface area (Å²) in [6.07, 6.45) is 0.383. The van der Waals surface area contributed by atoms with Crippen LogP contribution >= 0.6 is 0 Å².